The van der Waals surface area contributed by atoms with Crippen LogP contribution < -0.4 is 0 Å². The minimum atomic E-state index is 0.961. The number of fused-ring (bicyclic) bond motifs is 6. The van der Waals surface area contributed by atoms with Gasteiger partial charge in [0.2, 0.25) is 0 Å². The molecule has 2 bridgehead atoms. The lowest BCUT2D eigenvalue weighted by Crippen LogP contribution is -2.42. The Balaban J connectivity index is 1.62. The molecule has 0 N–H and O–H groups in total. The molecule has 0 heteroatoms. The van der Waals surface area contributed by atoms with Gasteiger partial charge in [-0.2, -0.15) is 0 Å². The molecule has 100 valence electrons. The Morgan fingerprint density at radius 3 is 2.61 bits per heavy atom. The molecule has 0 aromatic carbocycles. The Labute approximate surface area is 112 Å². The van der Waals surface area contributed by atoms with Crippen LogP contribution >= 0.6 is 0 Å². The van der Waals surface area contributed by atoms with Crippen LogP contribution in [0.3, 0.4) is 0 Å². The van der Waals surface area contributed by atoms with Crippen LogP contribution in [0.1, 0.15) is 59.3 Å². The highest BCUT2D eigenvalue weighted by atomic mass is 14.6. The molecular weight excluding hydrogens is 216 g/mol. The second-order valence-corrected chi connectivity index (χ2v) is 7.84. The summed E-state index contributed by atoms with van der Waals surface area (Å²) in [5, 5.41) is 0. The lowest BCUT2D eigenvalue weighted by atomic mass is 9.53. The molecule has 0 aromatic heterocycles. The van der Waals surface area contributed by atoms with Crippen molar-refractivity contribution in [3.8, 4) is 0 Å². The third-order valence-corrected chi connectivity index (χ3v) is 7.16. The molecule has 0 spiro atoms. The zero-order chi connectivity index (χ0) is 12.4. The highest BCUT2D eigenvalue weighted by Gasteiger charge is 2.59. The lowest BCUT2D eigenvalue weighted by molar-refractivity contribution is 0.0731. The molecule has 0 amide bonds. The molecule has 3 saturated carbocycles. The third kappa shape index (κ3) is 1.44. The quantitative estimate of drug-likeness (QED) is 0.609. The van der Waals surface area contributed by atoms with Crippen molar-refractivity contribution in [2.75, 3.05) is 0 Å². The second kappa shape index (κ2) is 3.87. The van der Waals surface area contributed by atoms with Crippen molar-refractivity contribution in [2.45, 2.75) is 59.3 Å². The van der Waals surface area contributed by atoms with Crippen molar-refractivity contribution in [2.24, 2.45) is 41.4 Å². The molecule has 18 heavy (non-hydrogen) atoms. The van der Waals surface area contributed by atoms with Gasteiger partial charge in [0, 0.05) is 0 Å². The van der Waals surface area contributed by atoms with Gasteiger partial charge in [-0.25, -0.2) is 0 Å². The van der Waals surface area contributed by atoms with Gasteiger partial charge in [-0.15, -0.1) is 0 Å². The molecule has 0 nitrogen and oxygen atoms in total. The Bertz CT molecular complexity index is 391. The average molecular weight is 244 g/mol. The fourth-order valence-corrected chi connectivity index (χ4v) is 5.75. The number of allylic oxidation sites excluding steroid dienone is 2. The van der Waals surface area contributed by atoms with Crippen LogP contribution in [0, 0.1) is 41.4 Å². The molecule has 4 aliphatic rings. The summed E-state index contributed by atoms with van der Waals surface area (Å²) in [6.07, 6.45) is 9.06. The standard InChI is InChI=1S/C18H28/c1-4-10(2)7-15-16-8-14(17-9-18(15)17)11(3)12-5-6-13(12)16/h10,13-18H,4-9H2,1-3H3. The van der Waals surface area contributed by atoms with Gasteiger partial charge in [0.05, 0.1) is 0 Å². The van der Waals surface area contributed by atoms with E-state index in [0.29, 0.717) is 0 Å². The van der Waals surface area contributed by atoms with Crippen molar-refractivity contribution in [3.63, 3.8) is 0 Å². The van der Waals surface area contributed by atoms with E-state index in [9.17, 15) is 0 Å². The smallest absolute Gasteiger partial charge is 0.0166 e. The van der Waals surface area contributed by atoms with Crippen molar-refractivity contribution in [1.82, 2.24) is 0 Å². The lowest BCUT2D eigenvalue weighted by Gasteiger charge is -2.52. The predicted octanol–water partition coefficient (Wildman–Crippen LogP) is 5.05. The fourth-order valence-electron chi connectivity index (χ4n) is 5.75. The Morgan fingerprint density at radius 2 is 1.94 bits per heavy atom. The van der Waals surface area contributed by atoms with Gasteiger partial charge >= 0.3 is 0 Å². The molecule has 7 unspecified atom stereocenters. The van der Waals surface area contributed by atoms with Crippen LogP contribution in [0.25, 0.3) is 0 Å². The zero-order valence-electron chi connectivity index (χ0n) is 12.3. The van der Waals surface area contributed by atoms with Crippen LogP contribution in [0.15, 0.2) is 11.1 Å². The summed E-state index contributed by atoms with van der Waals surface area (Å²) in [6, 6.07) is 0. The van der Waals surface area contributed by atoms with Gasteiger partial charge in [0.15, 0.2) is 0 Å². The third-order valence-electron chi connectivity index (χ3n) is 7.16. The topological polar surface area (TPSA) is 0 Å². The Morgan fingerprint density at radius 1 is 1.11 bits per heavy atom. The van der Waals surface area contributed by atoms with Crippen molar-refractivity contribution in [3.05, 3.63) is 11.1 Å². The number of rotatable bonds is 3. The molecule has 3 fully saturated rings. The molecule has 0 aliphatic heterocycles. The van der Waals surface area contributed by atoms with Crippen LogP contribution in [0.4, 0.5) is 0 Å². The van der Waals surface area contributed by atoms with Crippen LogP contribution in [0.2, 0.25) is 0 Å². The van der Waals surface area contributed by atoms with E-state index >= 15 is 0 Å². The first-order valence-corrected chi connectivity index (χ1v) is 8.40. The molecule has 7 atom stereocenters. The molecular formula is C18H28. The molecule has 4 rings (SSSR count). The summed E-state index contributed by atoms with van der Waals surface area (Å²) in [5.41, 5.74) is 3.78. The summed E-state index contributed by atoms with van der Waals surface area (Å²) in [5.74, 6) is 7.49. The first-order chi connectivity index (χ1) is 8.70. The summed E-state index contributed by atoms with van der Waals surface area (Å²) < 4.78 is 0. The van der Waals surface area contributed by atoms with Gasteiger partial charge in [-0.05, 0) is 80.5 Å². The van der Waals surface area contributed by atoms with E-state index in [2.05, 4.69) is 20.8 Å². The summed E-state index contributed by atoms with van der Waals surface area (Å²) >= 11 is 0. The maximum Gasteiger partial charge on any atom is -0.0166 e. The highest BCUT2D eigenvalue weighted by Crippen LogP contribution is 2.67. The van der Waals surface area contributed by atoms with E-state index < -0.39 is 0 Å². The highest BCUT2D eigenvalue weighted by molar-refractivity contribution is 5.32. The molecule has 4 aliphatic carbocycles. The second-order valence-electron chi connectivity index (χ2n) is 7.84. The molecule has 0 radical (unpaired) electrons. The van der Waals surface area contributed by atoms with E-state index in [0.717, 1.165) is 41.4 Å². The Kier molecular flexibility index (Phi) is 2.48. The normalized spacial score (nSPS) is 50.2. The predicted molar refractivity (Wildman–Crippen MR) is 76.2 cm³/mol. The van der Waals surface area contributed by atoms with E-state index in [4.69, 9.17) is 0 Å². The summed E-state index contributed by atoms with van der Waals surface area (Å²) in [4.78, 5) is 0. The van der Waals surface area contributed by atoms with Gasteiger partial charge in [-0.1, -0.05) is 31.4 Å². The van der Waals surface area contributed by atoms with Crippen LogP contribution in [-0.2, 0) is 0 Å². The van der Waals surface area contributed by atoms with Gasteiger partial charge in [0.25, 0.3) is 0 Å². The van der Waals surface area contributed by atoms with E-state index in [1.807, 2.05) is 11.1 Å². The molecule has 0 aromatic rings. The number of hydrogen-bond acceptors (Lipinski definition) is 0. The van der Waals surface area contributed by atoms with E-state index in [-0.39, 0.29) is 0 Å². The van der Waals surface area contributed by atoms with Gasteiger partial charge in [-0.3, -0.25) is 0 Å². The zero-order valence-corrected chi connectivity index (χ0v) is 12.3. The molecule has 0 saturated heterocycles. The minimum absolute atomic E-state index is 0.961. The van der Waals surface area contributed by atoms with Crippen molar-refractivity contribution in [1.29, 1.82) is 0 Å². The minimum Gasteiger partial charge on any atom is -0.0704 e. The summed E-state index contributed by atoms with van der Waals surface area (Å²) in [7, 11) is 0. The maximum atomic E-state index is 2.48. The van der Waals surface area contributed by atoms with Gasteiger partial charge in [0.1, 0.15) is 0 Å². The van der Waals surface area contributed by atoms with Crippen molar-refractivity contribution >= 4 is 0 Å². The van der Waals surface area contributed by atoms with E-state index in [1.165, 1.54) is 25.7 Å². The monoisotopic (exact) mass is 244 g/mol. The fraction of sp³-hybridized carbons (Fsp3) is 0.889. The Hall–Kier alpha value is -0.260. The largest absolute Gasteiger partial charge is 0.0704 e. The first kappa shape index (κ1) is 11.6. The van der Waals surface area contributed by atoms with Gasteiger partial charge < -0.3 is 0 Å². The maximum absolute atomic E-state index is 2.48. The van der Waals surface area contributed by atoms with Crippen molar-refractivity contribution < 1.29 is 0 Å². The van der Waals surface area contributed by atoms with E-state index in [1.54, 1.807) is 12.8 Å². The SMILES string of the molecule is CCC(C)CC1C2CC(C(C)=C3CCC32)C2CC21. The van der Waals surface area contributed by atoms with Crippen LogP contribution in [0.5, 0.6) is 0 Å². The molecule has 0 heterocycles. The van der Waals surface area contributed by atoms with Crippen LogP contribution in [-0.4, -0.2) is 0 Å². The first-order valence-electron chi connectivity index (χ1n) is 8.40. The summed E-state index contributed by atoms with van der Waals surface area (Å²) in [6.45, 7) is 7.34. The average Bonchev–Trinajstić information content (AvgIpc) is 3.08. The number of hydrogen-bond donors (Lipinski definition) is 0.